The summed E-state index contributed by atoms with van der Waals surface area (Å²) in [5, 5.41) is 90.2. The third-order valence-electron chi connectivity index (χ3n) is 27.0. The van der Waals surface area contributed by atoms with E-state index in [1.54, 1.807) is 37.7 Å². The zero-order valence-electron chi connectivity index (χ0n) is 65.6. The van der Waals surface area contributed by atoms with Crippen LogP contribution in [0, 0.1) is 88.2 Å². The molecule has 0 saturated carbocycles. The molecular weight excluding hydrogens is 1610 g/mol. The Morgan fingerprint density at radius 2 is 0.957 bits per heavy atom. The number of ether oxygens (including phenoxy) is 8. The maximum absolute atomic E-state index is 15.0. The molecule has 4 saturated heterocycles. The Bertz CT molecular complexity index is 5200. The normalized spacial score (nSPS) is 29.5. The number of nitrogens with zero attached hydrogens (tertiary/aromatic N) is 7. The van der Waals surface area contributed by atoms with Gasteiger partial charge >= 0.3 is 11.9 Å². The van der Waals surface area contributed by atoms with Gasteiger partial charge in [0.1, 0.15) is 25.3 Å². The minimum atomic E-state index is -1.50. The van der Waals surface area contributed by atoms with Crippen LogP contribution in [0.25, 0.3) is 21.8 Å². The molecule has 4 fully saturated rings. The number of phenolic OH excluding ortho intramolecular Hbond substituents is 2. The van der Waals surface area contributed by atoms with Crippen molar-refractivity contribution in [1.82, 2.24) is 40.2 Å². The monoisotopic (exact) mass is 1700 g/mol. The molecule has 0 unspecified atom stereocenters. The number of methoxy groups -OCH3 is 2. The summed E-state index contributed by atoms with van der Waals surface area (Å²) < 4.78 is 49.5. The molecule has 2 spiro atoms. The number of H-pyrrole nitrogens is 2. The summed E-state index contributed by atoms with van der Waals surface area (Å²) in [5.74, 6) is 3.47. The number of hydrogen-bond acceptors (Lipinski definition) is 26. The number of aliphatic hydroxyl groups excluding tert-OH is 2. The Balaban J connectivity index is 0.000000157. The zero-order chi connectivity index (χ0) is 80.1. The first-order chi connectivity index (χ1) is 54.8. The van der Waals surface area contributed by atoms with Crippen molar-refractivity contribution < 1.29 is 101 Å². The number of nitriles is 2. The summed E-state index contributed by atoms with van der Waals surface area (Å²) >= 11 is 3.31. The Kier molecular flexibility index (Phi) is 19.8. The number of aromatic amines is 2. The molecule has 14 aliphatic rings. The van der Waals surface area contributed by atoms with Gasteiger partial charge in [-0.2, -0.15) is 10.5 Å². The van der Waals surface area contributed by atoms with Gasteiger partial charge in [-0.25, -0.2) is 9.59 Å². The predicted molar refractivity (Wildman–Crippen MR) is 420 cm³/mol. The molecule has 1 radical (unpaired) electrons. The van der Waals surface area contributed by atoms with E-state index >= 15 is 0 Å². The number of aromatic nitrogens is 2. The van der Waals surface area contributed by atoms with E-state index < -0.39 is 52.3 Å². The van der Waals surface area contributed by atoms with Crippen molar-refractivity contribution in [2.75, 3.05) is 79.8 Å². The number of rotatable bonds is 4. The summed E-state index contributed by atoms with van der Waals surface area (Å²) in [6.45, 7) is 16.1. The van der Waals surface area contributed by atoms with Crippen LogP contribution < -0.4 is 39.1 Å². The Morgan fingerprint density at radius 3 is 1.32 bits per heavy atom. The largest absolute Gasteiger partial charge is 0.504 e. The van der Waals surface area contributed by atoms with Gasteiger partial charge in [-0.05, 0) is 186 Å². The fourth-order valence-corrected chi connectivity index (χ4v) is 25.4. The smallest absolute Gasteiger partial charge is 0.333 e. The van der Waals surface area contributed by atoms with Gasteiger partial charge in [-0.3, -0.25) is 30.2 Å². The van der Waals surface area contributed by atoms with Crippen LogP contribution in [0.4, 0.5) is 0 Å². The number of aliphatic hydroxyl groups is 2. The number of aromatic hydroxyl groups is 2. The van der Waals surface area contributed by atoms with Crippen molar-refractivity contribution in [3.63, 3.8) is 0 Å². The average molecular weight is 1700 g/mol. The third kappa shape index (κ3) is 11.4. The van der Waals surface area contributed by atoms with Crippen LogP contribution in [0.1, 0.15) is 146 Å². The number of esters is 2. The molecule has 14 aliphatic heterocycles. The molecule has 115 heavy (non-hydrogen) atoms. The second-order valence-corrected chi connectivity index (χ2v) is 34.9. The second-order valence-electron chi connectivity index (χ2n) is 32.6. The van der Waals surface area contributed by atoms with Crippen molar-refractivity contribution in [3.05, 3.63) is 170 Å². The number of thioether (sulfide) groups is 2. The summed E-state index contributed by atoms with van der Waals surface area (Å²) in [6.07, 6.45) is 2.22. The summed E-state index contributed by atoms with van der Waals surface area (Å²) in [5.41, 5.74) is 18.4. The van der Waals surface area contributed by atoms with E-state index in [2.05, 4.69) is 144 Å². The van der Waals surface area contributed by atoms with Crippen molar-refractivity contribution in [2.45, 2.75) is 175 Å². The van der Waals surface area contributed by atoms with Gasteiger partial charge in [-0.1, -0.05) is 35.4 Å². The molecule has 31 heteroatoms. The number of aryl methyl sites for hydroxylation is 4. The number of piperazine rings is 2. The van der Waals surface area contributed by atoms with Gasteiger partial charge in [0.05, 0.1) is 75.1 Å². The molecule has 22 rings (SSSR count). The minimum absolute atomic E-state index is 0. The van der Waals surface area contributed by atoms with Crippen LogP contribution in [0.3, 0.4) is 0 Å². The molecule has 0 amide bonds. The number of carbonyl (C=O) groups excluding carboxylic acids is 2. The molecule has 607 valence electrons. The van der Waals surface area contributed by atoms with Gasteiger partial charge in [0.15, 0.2) is 57.1 Å². The van der Waals surface area contributed by atoms with Crippen molar-refractivity contribution in [1.29, 1.82) is 10.5 Å². The number of carbonyl (C=O) groups is 2. The number of likely N-dealkylation sites (N-methyl/N-ethyl adjacent to an activating group) is 2. The first-order valence-corrected chi connectivity index (χ1v) is 40.7. The van der Waals surface area contributed by atoms with Gasteiger partial charge < -0.3 is 73.5 Å². The molecule has 6 aromatic carbocycles. The molecule has 16 atom stereocenters. The SMILES string of the molecule is COc1c(C)cc2c(c1O)[C@@H]1[C@@H]3[C@@H]4SC[C@]5(N[C@H](CO)Cc6c5[nH]c5ccc(C)cc65)C(=O)OC[C@@H](c5c6c(c(C)c(C)c54)OCO6)N3[C@@H](C#N)[C@H](C2)N1C.COc1c(C)cc2c(c1O)[C@@H]1[C@@H]3[C@@H]4SC[C@]5(N[C@H](CO)Cc6c5[nH]c5ccc(C)cc65)C(=O)OC[C@@H](c5c6c(c(C)c(C)c54)OCO6)N3[C@@H](C#N)[C@H](C2)N1C.O=[N+]([O-])O.[Ag]. The van der Waals surface area contributed by atoms with Crippen LogP contribution >= 0.6 is 23.5 Å². The number of nitrogens with one attached hydrogen (secondary N) is 4. The van der Waals surface area contributed by atoms with Crippen LogP contribution in [-0.2, 0) is 78.2 Å². The minimum Gasteiger partial charge on any atom is -0.504 e. The topological polar surface area (TPSA) is 368 Å². The average Bonchev–Trinajstić information content (AvgIpc) is 1.28. The van der Waals surface area contributed by atoms with Crippen LogP contribution in [0.2, 0.25) is 0 Å². The Labute approximate surface area is 687 Å². The van der Waals surface area contributed by atoms with Crippen molar-refractivity contribution >= 4 is 57.3 Å². The van der Waals surface area contributed by atoms with E-state index in [0.717, 1.165) is 133 Å². The van der Waals surface area contributed by atoms with E-state index in [0.29, 0.717) is 60.2 Å². The van der Waals surface area contributed by atoms with E-state index in [1.165, 1.54) is 0 Å². The number of fused-ring (bicyclic) bond motifs is 22. The Morgan fingerprint density at radius 1 is 0.574 bits per heavy atom. The molecule has 0 aliphatic carbocycles. The fourth-order valence-electron chi connectivity index (χ4n) is 22.0. The van der Waals surface area contributed by atoms with Crippen LogP contribution in [0.15, 0.2) is 48.5 Å². The van der Waals surface area contributed by atoms with Crippen molar-refractivity contribution in [3.8, 4) is 58.1 Å². The van der Waals surface area contributed by atoms with Gasteiger partial charge in [0.2, 0.25) is 13.6 Å². The maximum atomic E-state index is 15.0. The summed E-state index contributed by atoms with van der Waals surface area (Å²) in [6, 6.07) is 17.3. The predicted octanol–water partition coefficient (Wildman–Crippen LogP) is 9.26. The molecule has 16 heterocycles. The summed E-state index contributed by atoms with van der Waals surface area (Å²) in [4.78, 5) is 54.7. The molecule has 28 nitrogen and oxygen atoms in total. The molecule has 8 aromatic rings. The molecular formula is C84H91AgN11O17S2. The number of phenols is 2. The quantitative estimate of drug-likeness (QED) is 0.0343. The molecule has 8 bridgehead atoms. The van der Waals surface area contributed by atoms with Crippen LogP contribution in [-0.4, -0.2) is 200 Å². The van der Waals surface area contributed by atoms with E-state index in [9.17, 15) is 40.5 Å². The van der Waals surface area contributed by atoms with E-state index in [-0.39, 0.29) is 144 Å². The number of hydrogen-bond donors (Lipinski definition) is 9. The van der Waals surface area contributed by atoms with Gasteiger partial charge in [-0.15, -0.1) is 33.6 Å². The number of benzene rings is 6. The first-order valence-electron chi connectivity index (χ1n) is 38.6. The summed E-state index contributed by atoms with van der Waals surface area (Å²) in [7, 11) is 7.30. The Hall–Kier alpha value is -8.96. The van der Waals surface area contributed by atoms with E-state index in [4.69, 9.17) is 53.2 Å². The molecule has 9 N–H and O–H groups in total. The van der Waals surface area contributed by atoms with Gasteiger partial charge in [0.25, 0.3) is 5.09 Å². The second kappa shape index (κ2) is 29.0. The standard InChI is InChI=1S/2C42H45N5O7S.Ag.HNO3/c2*1-18-7-8-26-24(9-18)25-12-23(14-48)45-42(40(25)44-26)16-55-39-30-20(3)21(4)37-38(54-17-53-37)32(30)29(15-52-41(42)50)47-28(13-43)27-11-22-10-19(2)36(51-6)35(49)31(22)33(34(39)47)46(27)5;;2-1(3)4/h2*7-10,23,27-29,33-34,39,44-45,48-49H,11-12,14-17H2,1-6H3;;(H,2,3,4)/t2*23-,27-,28-,29-,33+,34+,39+,42+;;/m00../s1. The fraction of sp³-hybridized carbons (Fsp3) is 0.476. The van der Waals surface area contributed by atoms with Crippen LogP contribution in [0.5, 0.6) is 46.0 Å². The molecule has 2 aromatic heterocycles. The maximum Gasteiger partial charge on any atom is 0.333 e. The zero-order valence-corrected chi connectivity index (χ0v) is 68.7. The third-order valence-corrected chi connectivity index (χ3v) is 29.9. The van der Waals surface area contributed by atoms with Gasteiger partial charge in [0, 0.05) is 125 Å². The van der Waals surface area contributed by atoms with Crippen molar-refractivity contribution in [2.24, 2.45) is 0 Å². The van der Waals surface area contributed by atoms with E-state index in [1.807, 2.05) is 26.0 Å². The first kappa shape index (κ1) is 78.6.